The summed E-state index contributed by atoms with van der Waals surface area (Å²) in [6.07, 6.45) is 5.40. The van der Waals surface area contributed by atoms with Gasteiger partial charge >= 0.3 is 0 Å². The van der Waals surface area contributed by atoms with Crippen LogP contribution in [0, 0.1) is 0 Å². The number of rotatable bonds is 5. The molecule has 21 heavy (non-hydrogen) atoms. The van der Waals surface area contributed by atoms with Gasteiger partial charge in [0.1, 0.15) is 10.7 Å². The zero-order chi connectivity index (χ0) is 15.5. The summed E-state index contributed by atoms with van der Waals surface area (Å²) < 4.78 is 27.2. The lowest BCUT2D eigenvalue weighted by molar-refractivity contribution is 0.204. The molecule has 2 rings (SSSR count). The minimum Gasteiger partial charge on any atom is -0.370 e. The molecule has 0 aliphatic carbocycles. The summed E-state index contributed by atoms with van der Waals surface area (Å²) in [7, 11) is -3.45. The van der Waals surface area contributed by atoms with Crippen LogP contribution < -0.4 is 5.32 Å². The number of aromatic nitrogens is 1. The molecule has 0 radical (unpaired) electrons. The molecule has 1 N–H and O–H groups in total. The van der Waals surface area contributed by atoms with E-state index in [1.807, 2.05) is 13.8 Å². The number of nitrogens with zero attached hydrogens (tertiary/aromatic N) is 2. The standard InChI is InChI=1S/C15H25N3O2S/c1-4-10-16-15-9-8-14(11-17-15)21(19,20)18-12(2)6-5-7-13(18)3/h8-9,11-13H,4-7,10H2,1-3H3,(H,16,17). The van der Waals surface area contributed by atoms with Crippen molar-refractivity contribution in [3.05, 3.63) is 18.3 Å². The van der Waals surface area contributed by atoms with Gasteiger partial charge in [0.15, 0.2) is 0 Å². The van der Waals surface area contributed by atoms with E-state index in [0.717, 1.165) is 38.0 Å². The summed E-state index contributed by atoms with van der Waals surface area (Å²) in [5.41, 5.74) is 0. The minimum absolute atomic E-state index is 0.0524. The van der Waals surface area contributed by atoms with Gasteiger partial charge in [-0.3, -0.25) is 0 Å². The Kier molecular flexibility index (Phi) is 5.22. The third kappa shape index (κ3) is 3.55. The Morgan fingerprint density at radius 1 is 1.29 bits per heavy atom. The predicted molar refractivity (Wildman–Crippen MR) is 84.8 cm³/mol. The Balaban J connectivity index is 2.22. The predicted octanol–water partition coefficient (Wildman–Crippen LogP) is 2.86. The van der Waals surface area contributed by atoms with Crippen LogP contribution in [0.5, 0.6) is 0 Å². The van der Waals surface area contributed by atoms with Crippen molar-refractivity contribution < 1.29 is 8.42 Å². The second kappa shape index (κ2) is 6.75. The molecule has 0 spiro atoms. The summed E-state index contributed by atoms with van der Waals surface area (Å²) in [4.78, 5) is 4.49. The van der Waals surface area contributed by atoms with Crippen molar-refractivity contribution in [2.24, 2.45) is 0 Å². The van der Waals surface area contributed by atoms with Gasteiger partial charge in [0, 0.05) is 24.8 Å². The van der Waals surface area contributed by atoms with Gasteiger partial charge in [0.05, 0.1) is 0 Å². The van der Waals surface area contributed by atoms with Gasteiger partial charge in [-0.2, -0.15) is 4.31 Å². The molecule has 1 aromatic heterocycles. The average molecular weight is 311 g/mol. The smallest absolute Gasteiger partial charge is 0.245 e. The molecular formula is C15H25N3O2S. The van der Waals surface area contributed by atoms with Crippen LogP contribution in [-0.2, 0) is 10.0 Å². The summed E-state index contributed by atoms with van der Waals surface area (Å²) in [6.45, 7) is 6.87. The second-order valence-corrected chi connectivity index (χ2v) is 7.61. The van der Waals surface area contributed by atoms with Crippen LogP contribution in [0.1, 0.15) is 46.5 Å². The Hall–Kier alpha value is -1.14. The third-order valence-electron chi connectivity index (χ3n) is 3.98. The lowest BCUT2D eigenvalue weighted by atomic mass is 10.0. The lowest BCUT2D eigenvalue weighted by Gasteiger charge is -2.37. The number of hydrogen-bond donors (Lipinski definition) is 1. The van der Waals surface area contributed by atoms with Crippen molar-refractivity contribution in [2.75, 3.05) is 11.9 Å². The van der Waals surface area contributed by atoms with E-state index < -0.39 is 10.0 Å². The molecule has 1 aliphatic heterocycles. The van der Waals surface area contributed by atoms with Crippen molar-refractivity contribution in [3.63, 3.8) is 0 Å². The van der Waals surface area contributed by atoms with E-state index in [2.05, 4.69) is 17.2 Å². The molecule has 2 atom stereocenters. The summed E-state index contributed by atoms with van der Waals surface area (Å²) in [5, 5.41) is 3.15. The van der Waals surface area contributed by atoms with Crippen LogP contribution in [0.2, 0.25) is 0 Å². The number of anilines is 1. The first-order chi connectivity index (χ1) is 9.96. The fourth-order valence-electron chi connectivity index (χ4n) is 2.88. The first-order valence-electron chi connectivity index (χ1n) is 7.70. The highest BCUT2D eigenvalue weighted by Crippen LogP contribution is 2.29. The molecule has 5 nitrogen and oxygen atoms in total. The van der Waals surface area contributed by atoms with Crippen molar-refractivity contribution >= 4 is 15.8 Å². The van der Waals surface area contributed by atoms with E-state index in [1.54, 1.807) is 16.4 Å². The van der Waals surface area contributed by atoms with Crippen molar-refractivity contribution in [3.8, 4) is 0 Å². The highest BCUT2D eigenvalue weighted by atomic mass is 32.2. The van der Waals surface area contributed by atoms with Crippen LogP contribution in [-0.4, -0.2) is 36.3 Å². The molecule has 2 unspecified atom stereocenters. The topological polar surface area (TPSA) is 62.3 Å². The Labute approximate surface area is 127 Å². The first kappa shape index (κ1) is 16.2. The Morgan fingerprint density at radius 3 is 2.48 bits per heavy atom. The maximum atomic E-state index is 12.8. The molecule has 0 amide bonds. The van der Waals surface area contributed by atoms with E-state index in [9.17, 15) is 8.42 Å². The monoisotopic (exact) mass is 311 g/mol. The Morgan fingerprint density at radius 2 is 1.95 bits per heavy atom. The van der Waals surface area contributed by atoms with Crippen LogP contribution in [0.15, 0.2) is 23.2 Å². The van der Waals surface area contributed by atoms with Gasteiger partial charge in [0.25, 0.3) is 0 Å². The van der Waals surface area contributed by atoms with E-state index in [4.69, 9.17) is 0 Å². The van der Waals surface area contributed by atoms with Crippen molar-refractivity contribution in [2.45, 2.75) is 63.4 Å². The maximum absolute atomic E-state index is 12.8. The van der Waals surface area contributed by atoms with E-state index in [-0.39, 0.29) is 17.0 Å². The van der Waals surface area contributed by atoms with Gasteiger partial charge in [-0.05, 0) is 45.2 Å². The molecule has 1 saturated heterocycles. The Bertz CT molecular complexity index is 547. The number of nitrogens with one attached hydrogen (secondary N) is 1. The van der Waals surface area contributed by atoms with Crippen LogP contribution in [0.4, 0.5) is 5.82 Å². The van der Waals surface area contributed by atoms with Crippen molar-refractivity contribution in [1.29, 1.82) is 0 Å². The van der Waals surface area contributed by atoms with Crippen LogP contribution in [0.3, 0.4) is 0 Å². The quantitative estimate of drug-likeness (QED) is 0.908. The molecule has 0 aromatic carbocycles. The molecule has 118 valence electrons. The fourth-order valence-corrected chi connectivity index (χ4v) is 4.71. The number of sulfonamides is 1. The number of hydrogen-bond acceptors (Lipinski definition) is 4. The molecule has 0 bridgehead atoms. The van der Waals surface area contributed by atoms with Gasteiger partial charge < -0.3 is 5.32 Å². The van der Waals surface area contributed by atoms with Gasteiger partial charge in [-0.25, -0.2) is 13.4 Å². The summed E-state index contributed by atoms with van der Waals surface area (Å²) in [6, 6.07) is 3.49. The zero-order valence-corrected chi connectivity index (χ0v) is 13.9. The van der Waals surface area contributed by atoms with E-state index >= 15 is 0 Å². The minimum atomic E-state index is -3.45. The highest BCUT2D eigenvalue weighted by Gasteiger charge is 2.35. The summed E-state index contributed by atoms with van der Waals surface area (Å²) >= 11 is 0. The largest absolute Gasteiger partial charge is 0.370 e. The first-order valence-corrected chi connectivity index (χ1v) is 9.14. The molecule has 1 aliphatic rings. The molecule has 6 heteroatoms. The number of piperidine rings is 1. The van der Waals surface area contributed by atoms with Crippen molar-refractivity contribution in [1.82, 2.24) is 9.29 Å². The van der Waals surface area contributed by atoms with Gasteiger partial charge in [-0.15, -0.1) is 0 Å². The lowest BCUT2D eigenvalue weighted by Crippen LogP contribution is -2.47. The third-order valence-corrected chi connectivity index (χ3v) is 6.09. The van der Waals surface area contributed by atoms with E-state index in [1.165, 1.54) is 6.20 Å². The molecule has 1 fully saturated rings. The molecule has 0 saturated carbocycles. The molecular weight excluding hydrogens is 286 g/mol. The summed E-state index contributed by atoms with van der Waals surface area (Å²) in [5.74, 6) is 0.718. The zero-order valence-electron chi connectivity index (χ0n) is 13.0. The molecule has 2 heterocycles. The highest BCUT2D eigenvalue weighted by molar-refractivity contribution is 7.89. The van der Waals surface area contributed by atoms with Gasteiger partial charge in [0.2, 0.25) is 10.0 Å². The average Bonchev–Trinajstić information content (AvgIpc) is 2.45. The maximum Gasteiger partial charge on any atom is 0.245 e. The van der Waals surface area contributed by atoms with Crippen LogP contribution in [0.25, 0.3) is 0 Å². The van der Waals surface area contributed by atoms with Gasteiger partial charge in [-0.1, -0.05) is 13.3 Å². The normalized spacial score (nSPS) is 24.0. The van der Waals surface area contributed by atoms with E-state index in [0.29, 0.717) is 0 Å². The van der Waals surface area contributed by atoms with Crippen LogP contribution >= 0.6 is 0 Å². The molecule has 1 aromatic rings. The fraction of sp³-hybridized carbons (Fsp3) is 0.667. The number of pyridine rings is 1. The second-order valence-electron chi connectivity index (χ2n) is 5.77. The SMILES string of the molecule is CCCNc1ccc(S(=O)(=O)N2C(C)CCCC2C)cn1.